The molecule has 0 radical (unpaired) electrons. The number of halogens is 2. The molecule has 1 aromatic rings. The molecular weight excluding hydrogens is 399 g/mol. The number of nitrogens with zero attached hydrogens (tertiary/aromatic N) is 2. The summed E-state index contributed by atoms with van der Waals surface area (Å²) in [5.74, 6) is -1.95. The predicted molar refractivity (Wildman–Crippen MR) is 89.4 cm³/mol. The third-order valence-electron chi connectivity index (χ3n) is 3.64. The van der Waals surface area contributed by atoms with Gasteiger partial charge in [-0.2, -0.15) is 0 Å². The minimum absolute atomic E-state index is 0.101. The van der Waals surface area contributed by atoms with Crippen LogP contribution in [0.15, 0.2) is 22.7 Å². The van der Waals surface area contributed by atoms with E-state index in [9.17, 15) is 18.8 Å². The summed E-state index contributed by atoms with van der Waals surface area (Å²) in [6.45, 7) is 1.34. The van der Waals surface area contributed by atoms with Crippen molar-refractivity contribution in [1.29, 1.82) is 0 Å². The van der Waals surface area contributed by atoms with Crippen molar-refractivity contribution in [3.05, 3.63) is 34.1 Å². The van der Waals surface area contributed by atoms with Gasteiger partial charge < -0.3 is 19.3 Å². The molecule has 136 valence electrons. The van der Waals surface area contributed by atoms with Crippen LogP contribution >= 0.6 is 15.9 Å². The molecule has 2 amide bonds. The number of rotatable bonds is 5. The minimum atomic E-state index is -0.756. The zero-order chi connectivity index (χ0) is 18.4. The smallest absolute Gasteiger partial charge is 0.339 e. The highest BCUT2D eigenvalue weighted by molar-refractivity contribution is 9.10. The lowest BCUT2D eigenvalue weighted by molar-refractivity contribution is -0.143. The summed E-state index contributed by atoms with van der Waals surface area (Å²) in [6.07, 6.45) is 0. The fourth-order valence-corrected chi connectivity index (χ4v) is 2.69. The van der Waals surface area contributed by atoms with Crippen molar-refractivity contribution in [3.8, 4) is 0 Å². The fraction of sp³-hybridized carbons (Fsp3) is 0.438. The molecule has 0 N–H and O–H groups in total. The largest absolute Gasteiger partial charge is 0.452 e. The summed E-state index contributed by atoms with van der Waals surface area (Å²) in [6, 6.07) is 3.51. The van der Waals surface area contributed by atoms with Gasteiger partial charge in [-0.1, -0.05) is 0 Å². The van der Waals surface area contributed by atoms with Crippen molar-refractivity contribution in [3.63, 3.8) is 0 Å². The van der Waals surface area contributed by atoms with Crippen LogP contribution < -0.4 is 0 Å². The maximum atomic E-state index is 13.0. The Labute approximate surface area is 152 Å². The lowest BCUT2D eigenvalue weighted by atomic mass is 10.2. The molecule has 25 heavy (non-hydrogen) atoms. The third kappa shape index (κ3) is 5.50. The normalized spacial score (nSPS) is 14.1. The Morgan fingerprint density at radius 2 is 2.00 bits per heavy atom. The number of esters is 1. The summed E-state index contributed by atoms with van der Waals surface area (Å²) >= 11 is 3.06. The van der Waals surface area contributed by atoms with Crippen LogP contribution in [0, 0.1) is 5.82 Å². The Morgan fingerprint density at radius 1 is 1.32 bits per heavy atom. The first-order valence-corrected chi connectivity index (χ1v) is 8.39. The zero-order valence-electron chi connectivity index (χ0n) is 13.7. The molecule has 0 bridgehead atoms. The van der Waals surface area contributed by atoms with Crippen molar-refractivity contribution >= 4 is 33.7 Å². The van der Waals surface area contributed by atoms with Crippen LogP contribution in [0.4, 0.5) is 4.39 Å². The Bertz CT molecular complexity index is 664. The topological polar surface area (TPSA) is 76.2 Å². The second-order valence-corrected chi connectivity index (χ2v) is 6.30. The molecule has 2 rings (SSSR count). The number of hydrogen-bond acceptors (Lipinski definition) is 5. The quantitative estimate of drug-likeness (QED) is 0.670. The monoisotopic (exact) mass is 416 g/mol. The molecule has 0 unspecified atom stereocenters. The summed E-state index contributed by atoms with van der Waals surface area (Å²) in [5.41, 5.74) is 0.112. The van der Waals surface area contributed by atoms with E-state index in [0.29, 0.717) is 26.3 Å². The van der Waals surface area contributed by atoms with Gasteiger partial charge in [-0.15, -0.1) is 0 Å². The van der Waals surface area contributed by atoms with E-state index in [-0.39, 0.29) is 22.5 Å². The average molecular weight is 417 g/mol. The van der Waals surface area contributed by atoms with Crippen molar-refractivity contribution in [2.45, 2.75) is 0 Å². The van der Waals surface area contributed by atoms with Gasteiger partial charge >= 0.3 is 5.97 Å². The summed E-state index contributed by atoms with van der Waals surface area (Å²) in [4.78, 5) is 38.9. The van der Waals surface area contributed by atoms with Gasteiger partial charge in [0, 0.05) is 24.6 Å². The molecule has 1 saturated heterocycles. The standard InChI is InChI=1S/C16H18BrFN2O5/c1-19(9-14(21)20-4-6-24-7-5-20)15(22)10-25-16(23)12-3-2-11(18)8-13(12)17/h2-3,8H,4-7,9-10H2,1H3. The van der Waals surface area contributed by atoms with Gasteiger partial charge in [0.05, 0.1) is 25.3 Å². The molecule has 1 aliphatic heterocycles. The van der Waals surface area contributed by atoms with Crippen molar-refractivity contribution in [1.82, 2.24) is 9.80 Å². The van der Waals surface area contributed by atoms with Crippen LogP contribution in [0.5, 0.6) is 0 Å². The molecular formula is C16H18BrFN2O5. The van der Waals surface area contributed by atoms with E-state index < -0.39 is 24.3 Å². The molecule has 1 aromatic carbocycles. The molecule has 0 saturated carbocycles. The molecule has 1 heterocycles. The SMILES string of the molecule is CN(CC(=O)N1CCOCC1)C(=O)COC(=O)c1ccc(F)cc1Br. The van der Waals surface area contributed by atoms with E-state index in [4.69, 9.17) is 9.47 Å². The molecule has 7 nitrogen and oxygen atoms in total. The van der Waals surface area contributed by atoms with E-state index in [1.165, 1.54) is 18.0 Å². The van der Waals surface area contributed by atoms with E-state index in [2.05, 4.69) is 15.9 Å². The maximum absolute atomic E-state index is 13.0. The van der Waals surface area contributed by atoms with Crippen LogP contribution in [0.1, 0.15) is 10.4 Å². The van der Waals surface area contributed by atoms with E-state index in [0.717, 1.165) is 12.1 Å². The van der Waals surface area contributed by atoms with Gasteiger partial charge in [-0.3, -0.25) is 9.59 Å². The second kappa shape index (κ2) is 8.91. The number of carbonyl (C=O) groups is 3. The number of ether oxygens (including phenoxy) is 2. The predicted octanol–water partition coefficient (Wildman–Crippen LogP) is 1.06. The Morgan fingerprint density at radius 3 is 2.64 bits per heavy atom. The average Bonchev–Trinajstić information content (AvgIpc) is 2.60. The first-order valence-electron chi connectivity index (χ1n) is 7.60. The molecule has 0 aromatic heterocycles. The first kappa shape index (κ1) is 19.3. The highest BCUT2D eigenvalue weighted by Crippen LogP contribution is 2.18. The Balaban J connectivity index is 1.82. The maximum Gasteiger partial charge on any atom is 0.339 e. The lowest BCUT2D eigenvalue weighted by Gasteiger charge is -2.28. The molecule has 9 heteroatoms. The van der Waals surface area contributed by atoms with Crippen molar-refractivity contribution in [2.24, 2.45) is 0 Å². The van der Waals surface area contributed by atoms with E-state index in [1.54, 1.807) is 4.90 Å². The first-order chi connectivity index (χ1) is 11.9. The highest BCUT2D eigenvalue weighted by Gasteiger charge is 2.21. The molecule has 1 aliphatic rings. The summed E-state index contributed by atoms with van der Waals surface area (Å²) in [5, 5.41) is 0. The number of likely N-dealkylation sites (N-methyl/N-ethyl adjacent to an activating group) is 1. The second-order valence-electron chi connectivity index (χ2n) is 5.44. The number of morpholine rings is 1. The van der Waals surface area contributed by atoms with Crippen LogP contribution in [-0.2, 0) is 19.1 Å². The molecule has 1 fully saturated rings. The lowest BCUT2D eigenvalue weighted by Crippen LogP contribution is -2.46. The molecule has 0 atom stereocenters. The van der Waals surface area contributed by atoms with Crippen molar-refractivity contribution in [2.75, 3.05) is 46.5 Å². The van der Waals surface area contributed by atoms with Gasteiger partial charge in [-0.05, 0) is 34.1 Å². The van der Waals surface area contributed by atoms with Gasteiger partial charge in [0.15, 0.2) is 6.61 Å². The van der Waals surface area contributed by atoms with Crippen LogP contribution in [0.25, 0.3) is 0 Å². The molecule has 0 spiro atoms. The Kier molecular flexibility index (Phi) is 6.89. The summed E-state index contributed by atoms with van der Waals surface area (Å²) < 4.78 is 23.4. The zero-order valence-corrected chi connectivity index (χ0v) is 15.3. The number of carbonyl (C=O) groups excluding carboxylic acids is 3. The van der Waals surface area contributed by atoms with Crippen LogP contribution in [0.2, 0.25) is 0 Å². The van der Waals surface area contributed by atoms with Gasteiger partial charge in [-0.25, -0.2) is 9.18 Å². The van der Waals surface area contributed by atoms with Crippen LogP contribution in [-0.4, -0.2) is 74.1 Å². The van der Waals surface area contributed by atoms with Crippen LogP contribution in [0.3, 0.4) is 0 Å². The van der Waals surface area contributed by atoms with Crippen molar-refractivity contribution < 1.29 is 28.2 Å². The molecule has 0 aliphatic carbocycles. The highest BCUT2D eigenvalue weighted by atomic mass is 79.9. The van der Waals surface area contributed by atoms with Gasteiger partial charge in [0.25, 0.3) is 5.91 Å². The number of amides is 2. The summed E-state index contributed by atoms with van der Waals surface area (Å²) in [7, 11) is 1.46. The van der Waals surface area contributed by atoms with E-state index >= 15 is 0 Å². The van der Waals surface area contributed by atoms with Gasteiger partial charge in [0.1, 0.15) is 5.82 Å². The van der Waals surface area contributed by atoms with Gasteiger partial charge in [0.2, 0.25) is 5.91 Å². The minimum Gasteiger partial charge on any atom is -0.452 e. The number of benzene rings is 1. The fourth-order valence-electron chi connectivity index (χ4n) is 2.17. The number of hydrogen-bond donors (Lipinski definition) is 0. The third-order valence-corrected chi connectivity index (χ3v) is 4.30. The van der Waals surface area contributed by atoms with E-state index in [1.807, 2.05) is 0 Å². The Hall–Kier alpha value is -2.00.